The molecule has 10 heteroatoms. The van der Waals surface area contributed by atoms with Crippen LogP contribution in [0.25, 0.3) is 21.3 Å². The van der Waals surface area contributed by atoms with Crippen molar-refractivity contribution in [3.63, 3.8) is 0 Å². The molecule has 0 saturated heterocycles. The second-order valence-corrected chi connectivity index (χ2v) is 8.60. The van der Waals surface area contributed by atoms with Gasteiger partial charge in [-0.05, 0) is 62.8 Å². The Balaban J connectivity index is 1.35. The summed E-state index contributed by atoms with van der Waals surface area (Å²) in [5.41, 5.74) is 2.53. The molecule has 1 amide bonds. The van der Waals surface area contributed by atoms with Crippen molar-refractivity contribution in [2.24, 2.45) is 0 Å². The van der Waals surface area contributed by atoms with Gasteiger partial charge < -0.3 is 20.1 Å². The van der Waals surface area contributed by atoms with Crippen LogP contribution in [0.2, 0.25) is 0 Å². The SMILES string of the molecule is CC(C)(C)OC(=O)NCCCCOCCNc1cc(-c2cnns2)cc2[nH]ncc12. The Hall–Kier alpha value is -2.72. The number of nitrogens with one attached hydrogen (secondary N) is 3. The third-order valence-electron chi connectivity index (χ3n) is 4.15. The number of carbonyl (C=O) groups excluding carboxylic acids is 1. The number of fused-ring (bicyclic) bond motifs is 1. The number of carbonyl (C=O) groups is 1. The summed E-state index contributed by atoms with van der Waals surface area (Å²) in [6.07, 6.45) is 4.90. The number of aromatic nitrogens is 4. The Morgan fingerprint density at radius 1 is 1.17 bits per heavy atom. The highest BCUT2D eigenvalue weighted by Crippen LogP contribution is 2.30. The number of hydrogen-bond donors (Lipinski definition) is 3. The van der Waals surface area contributed by atoms with Crippen LogP contribution in [0.3, 0.4) is 0 Å². The molecular formula is C20H28N6O3S. The lowest BCUT2D eigenvalue weighted by molar-refractivity contribution is 0.0524. The summed E-state index contributed by atoms with van der Waals surface area (Å²) in [7, 11) is 0. The van der Waals surface area contributed by atoms with Gasteiger partial charge in [-0.3, -0.25) is 5.10 Å². The first-order valence-corrected chi connectivity index (χ1v) is 10.7. The number of hydrogen-bond acceptors (Lipinski definition) is 8. The van der Waals surface area contributed by atoms with E-state index in [1.807, 2.05) is 33.0 Å². The number of nitrogens with zero attached hydrogens (tertiary/aromatic N) is 3. The van der Waals surface area contributed by atoms with Crippen molar-refractivity contribution in [1.29, 1.82) is 0 Å². The summed E-state index contributed by atoms with van der Waals surface area (Å²) >= 11 is 1.36. The van der Waals surface area contributed by atoms with Gasteiger partial charge in [0.05, 0.1) is 29.4 Å². The average Bonchev–Trinajstić information content (AvgIpc) is 3.36. The quantitative estimate of drug-likeness (QED) is 0.417. The first-order chi connectivity index (χ1) is 14.4. The van der Waals surface area contributed by atoms with Crippen molar-refractivity contribution in [2.45, 2.75) is 39.2 Å². The maximum absolute atomic E-state index is 11.6. The van der Waals surface area contributed by atoms with E-state index in [9.17, 15) is 4.79 Å². The lowest BCUT2D eigenvalue weighted by atomic mass is 10.1. The number of unbranched alkanes of at least 4 members (excludes halogenated alkanes) is 1. The monoisotopic (exact) mass is 432 g/mol. The molecule has 3 N–H and O–H groups in total. The van der Waals surface area contributed by atoms with Gasteiger partial charge in [0, 0.05) is 30.8 Å². The van der Waals surface area contributed by atoms with E-state index in [4.69, 9.17) is 9.47 Å². The van der Waals surface area contributed by atoms with Crippen LogP contribution in [-0.2, 0) is 9.47 Å². The minimum atomic E-state index is -0.473. The number of rotatable bonds is 10. The van der Waals surface area contributed by atoms with Crippen molar-refractivity contribution in [2.75, 3.05) is 31.6 Å². The largest absolute Gasteiger partial charge is 0.444 e. The molecule has 2 heterocycles. The van der Waals surface area contributed by atoms with E-state index in [1.165, 1.54) is 11.5 Å². The molecule has 0 atom stereocenters. The summed E-state index contributed by atoms with van der Waals surface area (Å²) in [6, 6.07) is 4.12. The molecule has 0 aliphatic heterocycles. The molecule has 0 fully saturated rings. The molecule has 0 bridgehead atoms. The van der Waals surface area contributed by atoms with E-state index in [-0.39, 0.29) is 6.09 Å². The summed E-state index contributed by atoms with van der Waals surface area (Å²) in [6.45, 7) is 8.03. The molecule has 162 valence electrons. The Kier molecular flexibility index (Phi) is 7.58. The van der Waals surface area contributed by atoms with Crippen molar-refractivity contribution >= 4 is 34.2 Å². The van der Waals surface area contributed by atoms with Gasteiger partial charge in [0.1, 0.15) is 5.60 Å². The van der Waals surface area contributed by atoms with E-state index >= 15 is 0 Å². The minimum absolute atomic E-state index is 0.380. The fourth-order valence-corrected chi connectivity index (χ4v) is 3.33. The maximum Gasteiger partial charge on any atom is 0.407 e. The normalized spacial score (nSPS) is 11.6. The standard InChI is InChI=1S/C20H28N6O3S/c1-20(2,3)29-19(27)22-6-4-5-8-28-9-7-21-16-10-14(18-13-24-26-30-18)11-17-15(16)12-23-25-17/h10-13,21H,4-9H2,1-3H3,(H,22,27)(H,23,25). The summed E-state index contributed by atoms with van der Waals surface area (Å²) in [4.78, 5) is 12.6. The maximum atomic E-state index is 11.6. The fraction of sp³-hybridized carbons (Fsp3) is 0.500. The highest BCUT2D eigenvalue weighted by atomic mass is 32.1. The lowest BCUT2D eigenvalue weighted by Crippen LogP contribution is -2.33. The fourth-order valence-electron chi connectivity index (χ4n) is 2.83. The highest BCUT2D eigenvalue weighted by Gasteiger charge is 2.15. The Morgan fingerprint density at radius 2 is 2.03 bits per heavy atom. The molecule has 0 aliphatic rings. The van der Waals surface area contributed by atoms with Gasteiger partial charge >= 0.3 is 6.09 Å². The van der Waals surface area contributed by atoms with Gasteiger partial charge in [-0.1, -0.05) is 4.49 Å². The number of ether oxygens (including phenoxy) is 2. The van der Waals surface area contributed by atoms with Crippen LogP contribution in [0.4, 0.5) is 10.5 Å². The van der Waals surface area contributed by atoms with Crippen LogP contribution in [0.1, 0.15) is 33.6 Å². The lowest BCUT2D eigenvalue weighted by Gasteiger charge is -2.19. The van der Waals surface area contributed by atoms with Crippen LogP contribution < -0.4 is 10.6 Å². The van der Waals surface area contributed by atoms with E-state index < -0.39 is 5.60 Å². The first kappa shape index (κ1) is 22.0. The average molecular weight is 433 g/mol. The third-order valence-corrected chi connectivity index (χ3v) is 4.86. The summed E-state index contributed by atoms with van der Waals surface area (Å²) in [5.74, 6) is 0. The Labute approximate surface area is 179 Å². The number of anilines is 1. The highest BCUT2D eigenvalue weighted by molar-refractivity contribution is 7.09. The topological polar surface area (TPSA) is 114 Å². The van der Waals surface area contributed by atoms with Gasteiger partial charge in [-0.15, -0.1) is 5.10 Å². The summed E-state index contributed by atoms with van der Waals surface area (Å²) < 4.78 is 14.8. The second kappa shape index (κ2) is 10.4. The van der Waals surface area contributed by atoms with Crippen LogP contribution in [0, 0.1) is 0 Å². The van der Waals surface area contributed by atoms with Gasteiger partial charge in [0.25, 0.3) is 0 Å². The molecule has 0 unspecified atom stereocenters. The van der Waals surface area contributed by atoms with Crippen LogP contribution in [0.5, 0.6) is 0 Å². The Morgan fingerprint density at radius 3 is 2.80 bits per heavy atom. The van der Waals surface area contributed by atoms with Crippen LogP contribution in [0.15, 0.2) is 24.5 Å². The molecule has 9 nitrogen and oxygen atoms in total. The van der Waals surface area contributed by atoms with Crippen molar-refractivity contribution < 1.29 is 14.3 Å². The van der Waals surface area contributed by atoms with Crippen molar-refractivity contribution in [1.82, 2.24) is 25.1 Å². The molecule has 0 aliphatic carbocycles. The summed E-state index contributed by atoms with van der Waals surface area (Å²) in [5, 5.41) is 18.3. The minimum Gasteiger partial charge on any atom is -0.444 e. The Bertz CT molecular complexity index is 936. The number of aromatic amines is 1. The number of benzene rings is 1. The molecule has 3 rings (SSSR count). The predicted molar refractivity (Wildman–Crippen MR) is 118 cm³/mol. The van der Waals surface area contributed by atoms with Gasteiger partial charge in [0.2, 0.25) is 0 Å². The molecule has 2 aromatic heterocycles. The van der Waals surface area contributed by atoms with Crippen molar-refractivity contribution in [3.05, 3.63) is 24.5 Å². The van der Waals surface area contributed by atoms with Crippen LogP contribution in [-0.4, -0.2) is 57.8 Å². The molecule has 30 heavy (non-hydrogen) atoms. The zero-order valence-corrected chi connectivity index (χ0v) is 18.3. The molecule has 0 radical (unpaired) electrons. The zero-order chi connectivity index (χ0) is 21.4. The second-order valence-electron chi connectivity index (χ2n) is 7.81. The molecular weight excluding hydrogens is 404 g/mol. The van der Waals surface area contributed by atoms with E-state index in [1.54, 1.807) is 6.20 Å². The predicted octanol–water partition coefficient (Wildman–Crippen LogP) is 3.81. The van der Waals surface area contributed by atoms with Gasteiger partial charge in [-0.2, -0.15) is 5.10 Å². The molecule has 3 aromatic rings. The van der Waals surface area contributed by atoms with Crippen molar-refractivity contribution in [3.8, 4) is 10.4 Å². The number of H-pyrrole nitrogens is 1. The number of amides is 1. The van der Waals surface area contributed by atoms with E-state index in [0.29, 0.717) is 26.3 Å². The van der Waals surface area contributed by atoms with Gasteiger partial charge in [-0.25, -0.2) is 4.79 Å². The number of alkyl carbamates (subject to hydrolysis) is 1. The third kappa shape index (κ3) is 6.67. The molecule has 0 saturated carbocycles. The van der Waals surface area contributed by atoms with Gasteiger partial charge in [0.15, 0.2) is 0 Å². The van der Waals surface area contributed by atoms with E-state index in [2.05, 4.69) is 36.5 Å². The van der Waals surface area contributed by atoms with E-state index in [0.717, 1.165) is 39.9 Å². The molecule has 0 spiro atoms. The first-order valence-electron chi connectivity index (χ1n) is 9.96. The molecule has 1 aromatic carbocycles. The van der Waals surface area contributed by atoms with Crippen LogP contribution >= 0.6 is 11.5 Å². The smallest absolute Gasteiger partial charge is 0.407 e. The zero-order valence-electron chi connectivity index (χ0n) is 17.5.